The molecule has 1 aliphatic rings. The minimum Gasteiger partial charge on any atom is -0.496 e. The Kier molecular flexibility index (Phi) is 3.64. The van der Waals surface area contributed by atoms with E-state index >= 15 is 0 Å². The number of aryl methyl sites for hydroxylation is 2. The summed E-state index contributed by atoms with van der Waals surface area (Å²) < 4.78 is 5.34. The summed E-state index contributed by atoms with van der Waals surface area (Å²) >= 11 is 0. The number of benzene rings is 1. The van der Waals surface area contributed by atoms with Crippen LogP contribution in [0, 0.1) is 13.8 Å². The summed E-state index contributed by atoms with van der Waals surface area (Å²) in [4.78, 5) is 2.32. The highest BCUT2D eigenvalue weighted by Crippen LogP contribution is 2.33. The molecule has 2 rings (SSSR count). The number of methoxy groups -OCH3 is 1. The van der Waals surface area contributed by atoms with Crippen LogP contribution in [0.5, 0.6) is 5.75 Å². The Hall–Kier alpha value is -1.06. The second-order valence-electron chi connectivity index (χ2n) is 5.78. The molecule has 0 heterocycles. The lowest BCUT2D eigenvalue weighted by Crippen LogP contribution is -2.36. The zero-order valence-corrected chi connectivity index (χ0v) is 11.9. The number of hydrogen-bond donors (Lipinski definition) is 1. The van der Waals surface area contributed by atoms with Gasteiger partial charge < -0.3 is 15.4 Å². The lowest BCUT2D eigenvalue weighted by atomic mass is 10.0. The van der Waals surface area contributed by atoms with E-state index in [0.29, 0.717) is 0 Å². The minimum absolute atomic E-state index is 0.0875. The summed E-state index contributed by atoms with van der Waals surface area (Å²) in [7, 11) is 3.87. The van der Waals surface area contributed by atoms with Gasteiger partial charge in [0.25, 0.3) is 0 Å². The molecule has 1 aliphatic carbocycles. The summed E-state index contributed by atoms with van der Waals surface area (Å²) in [6.45, 7) is 6.17. The first kappa shape index (κ1) is 13.4. The van der Waals surface area contributed by atoms with Gasteiger partial charge >= 0.3 is 0 Å². The van der Waals surface area contributed by atoms with E-state index in [-0.39, 0.29) is 5.54 Å². The Bertz CT molecular complexity index is 438. The van der Waals surface area contributed by atoms with Crippen LogP contribution in [-0.4, -0.2) is 31.1 Å². The average molecular weight is 248 g/mol. The summed E-state index contributed by atoms with van der Waals surface area (Å²) in [6, 6.07) is 4.34. The Morgan fingerprint density at radius 2 is 1.94 bits per heavy atom. The average Bonchev–Trinajstić information content (AvgIpc) is 3.00. The first-order valence-electron chi connectivity index (χ1n) is 6.55. The lowest BCUT2D eigenvalue weighted by Gasteiger charge is -2.22. The zero-order valence-electron chi connectivity index (χ0n) is 11.9. The summed E-state index contributed by atoms with van der Waals surface area (Å²) in [5, 5.41) is 0. The number of hydrogen-bond acceptors (Lipinski definition) is 3. The Morgan fingerprint density at radius 3 is 2.50 bits per heavy atom. The fourth-order valence-corrected chi connectivity index (χ4v) is 2.44. The first-order valence-corrected chi connectivity index (χ1v) is 6.55. The maximum Gasteiger partial charge on any atom is 0.122 e. The minimum atomic E-state index is 0.0875. The predicted molar refractivity (Wildman–Crippen MR) is 75.0 cm³/mol. The van der Waals surface area contributed by atoms with Crippen molar-refractivity contribution < 1.29 is 4.74 Å². The van der Waals surface area contributed by atoms with E-state index < -0.39 is 0 Å². The van der Waals surface area contributed by atoms with Gasteiger partial charge in [0.1, 0.15) is 5.75 Å². The molecule has 0 bridgehead atoms. The van der Waals surface area contributed by atoms with Gasteiger partial charge in [0, 0.05) is 18.6 Å². The van der Waals surface area contributed by atoms with E-state index in [1.165, 1.54) is 16.7 Å². The van der Waals surface area contributed by atoms with Gasteiger partial charge in [-0.2, -0.15) is 0 Å². The van der Waals surface area contributed by atoms with Crippen molar-refractivity contribution in [2.75, 3.05) is 20.7 Å². The van der Waals surface area contributed by atoms with Gasteiger partial charge in [0.05, 0.1) is 7.11 Å². The van der Waals surface area contributed by atoms with Crippen molar-refractivity contribution in [2.24, 2.45) is 5.73 Å². The molecule has 3 heteroatoms. The molecule has 18 heavy (non-hydrogen) atoms. The second kappa shape index (κ2) is 4.90. The van der Waals surface area contributed by atoms with E-state index in [1.54, 1.807) is 7.11 Å². The molecule has 0 radical (unpaired) electrons. The van der Waals surface area contributed by atoms with Gasteiger partial charge in [-0.15, -0.1) is 0 Å². The largest absolute Gasteiger partial charge is 0.496 e. The topological polar surface area (TPSA) is 38.5 Å². The molecule has 0 spiro atoms. The lowest BCUT2D eigenvalue weighted by molar-refractivity contribution is 0.295. The van der Waals surface area contributed by atoms with Gasteiger partial charge in [0.15, 0.2) is 0 Å². The van der Waals surface area contributed by atoms with Gasteiger partial charge in [-0.1, -0.05) is 6.07 Å². The highest BCUT2D eigenvalue weighted by molar-refractivity contribution is 5.41. The number of nitrogens with zero attached hydrogens (tertiary/aromatic N) is 1. The molecule has 0 aliphatic heterocycles. The summed E-state index contributed by atoms with van der Waals surface area (Å²) in [6.07, 6.45) is 2.33. The number of rotatable bonds is 5. The van der Waals surface area contributed by atoms with E-state index in [9.17, 15) is 0 Å². The van der Waals surface area contributed by atoms with Gasteiger partial charge in [-0.05, 0) is 56.5 Å². The molecule has 1 aromatic rings. The quantitative estimate of drug-likeness (QED) is 0.868. The van der Waals surface area contributed by atoms with Crippen molar-refractivity contribution in [1.29, 1.82) is 0 Å². The summed E-state index contributed by atoms with van der Waals surface area (Å²) in [5.41, 5.74) is 10.1. The van der Waals surface area contributed by atoms with Crippen LogP contribution in [0.4, 0.5) is 0 Å². The molecule has 0 unspecified atom stereocenters. The highest BCUT2D eigenvalue weighted by atomic mass is 16.5. The van der Waals surface area contributed by atoms with Gasteiger partial charge in [0.2, 0.25) is 0 Å². The van der Waals surface area contributed by atoms with Crippen molar-refractivity contribution in [3.8, 4) is 5.75 Å². The molecular formula is C15H24N2O. The van der Waals surface area contributed by atoms with E-state index in [2.05, 4.69) is 37.9 Å². The van der Waals surface area contributed by atoms with Crippen LogP contribution in [0.25, 0.3) is 0 Å². The van der Waals surface area contributed by atoms with Crippen molar-refractivity contribution in [2.45, 2.75) is 38.8 Å². The Morgan fingerprint density at radius 1 is 1.28 bits per heavy atom. The van der Waals surface area contributed by atoms with E-state index in [1.807, 2.05) is 0 Å². The fraction of sp³-hybridized carbons (Fsp3) is 0.600. The molecule has 1 aromatic carbocycles. The maximum absolute atomic E-state index is 6.15. The molecular weight excluding hydrogens is 224 g/mol. The smallest absolute Gasteiger partial charge is 0.122 e. The van der Waals surface area contributed by atoms with Crippen molar-refractivity contribution in [3.05, 3.63) is 28.8 Å². The fourth-order valence-electron chi connectivity index (χ4n) is 2.44. The molecule has 3 nitrogen and oxygen atoms in total. The molecule has 100 valence electrons. The number of nitrogens with two attached hydrogens (primary N) is 1. The van der Waals surface area contributed by atoms with Crippen LogP contribution in [-0.2, 0) is 6.54 Å². The third kappa shape index (κ3) is 3.03. The Labute approximate surface area is 110 Å². The standard InChI is InChI=1S/C15H24N2O/c1-11-8-14(18-4)12(2)7-13(11)9-17(3)10-15(16)5-6-15/h7-8H,5-6,9-10,16H2,1-4H3. The van der Waals surface area contributed by atoms with E-state index in [0.717, 1.165) is 31.7 Å². The predicted octanol–water partition coefficient (Wildman–Crippen LogP) is 2.24. The second-order valence-corrected chi connectivity index (χ2v) is 5.78. The maximum atomic E-state index is 6.15. The van der Waals surface area contributed by atoms with Crippen LogP contribution in [0.15, 0.2) is 12.1 Å². The monoisotopic (exact) mass is 248 g/mol. The van der Waals surface area contributed by atoms with Gasteiger partial charge in [-0.3, -0.25) is 0 Å². The number of likely N-dealkylation sites (N-methyl/N-ethyl adjacent to an activating group) is 1. The van der Waals surface area contributed by atoms with Crippen molar-refractivity contribution in [1.82, 2.24) is 4.90 Å². The van der Waals surface area contributed by atoms with Crippen molar-refractivity contribution >= 4 is 0 Å². The SMILES string of the molecule is COc1cc(C)c(CN(C)CC2(N)CC2)cc1C. The van der Waals surface area contributed by atoms with Crippen LogP contribution >= 0.6 is 0 Å². The highest BCUT2D eigenvalue weighted by Gasteiger charge is 2.38. The zero-order chi connectivity index (χ0) is 13.3. The van der Waals surface area contributed by atoms with E-state index in [4.69, 9.17) is 10.5 Å². The number of ether oxygens (including phenoxy) is 1. The molecule has 0 aromatic heterocycles. The Balaban J connectivity index is 2.06. The van der Waals surface area contributed by atoms with Crippen LogP contribution < -0.4 is 10.5 Å². The molecule has 1 saturated carbocycles. The third-order valence-corrected chi connectivity index (χ3v) is 3.77. The molecule has 2 N–H and O–H groups in total. The molecule has 0 saturated heterocycles. The normalized spacial score (nSPS) is 17.0. The molecule has 0 atom stereocenters. The first-order chi connectivity index (χ1) is 8.43. The van der Waals surface area contributed by atoms with Crippen LogP contribution in [0.3, 0.4) is 0 Å². The third-order valence-electron chi connectivity index (χ3n) is 3.77. The van der Waals surface area contributed by atoms with Crippen LogP contribution in [0.2, 0.25) is 0 Å². The van der Waals surface area contributed by atoms with Crippen LogP contribution in [0.1, 0.15) is 29.5 Å². The molecule has 0 amide bonds. The molecule has 1 fully saturated rings. The summed E-state index contributed by atoms with van der Waals surface area (Å²) in [5.74, 6) is 0.969. The van der Waals surface area contributed by atoms with Crippen molar-refractivity contribution in [3.63, 3.8) is 0 Å². The van der Waals surface area contributed by atoms with Gasteiger partial charge in [-0.25, -0.2) is 0 Å².